The zero-order valence-corrected chi connectivity index (χ0v) is 11.2. The molecule has 1 atom stereocenters. The molecule has 0 N–H and O–H groups in total. The van der Waals surface area contributed by atoms with Crippen molar-refractivity contribution in [3.05, 3.63) is 76.8 Å². The summed E-state index contributed by atoms with van der Waals surface area (Å²) in [6.07, 6.45) is 16.7. The molecule has 0 saturated carbocycles. The van der Waals surface area contributed by atoms with Gasteiger partial charge in [0, 0.05) is 6.42 Å². The first-order valence-corrected chi connectivity index (χ1v) is 7.34. The van der Waals surface area contributed by atoms with Gasteiger partial charge < -0.3 is 0 Å². The first kappa shape index (κ1) is 11.3. The Labute approximate surface area is 115 Å². The number of hydrogen-bond acceptors (Lipinski definition) is 0. The minimum Gasteiger partial charge on any atom is -0.0801 e. The van der Waals surface area contributed by atoms with Gasteiger partial charge in [-0.1, -0.05) is 48.1 Å². The number of allylic oxidation sites excluding steroid dienone is 6. The van der Waals surface area contributed by atoms with Crippen molar-refractivity contribution in [2.24, 2.45) is 5.92 Å². The molecule has 1 aromatic rings. The van der Waals surface area contributed by atoms with Crippen molar-refractivity contribution in [1.29, 1.82) is 0 Å². The van der Waals surface area contributed by atoms with Crippen LogP contribution in [-0.4, -0.2) is 0 Å². The minimum absolute atomic E-state index is 0.558. The molecule has 0 spiro atoms. The highest BCUT2D eigenvalue weighted by atomic mass is 14.3. The van der Waals surface area contributed by atoms with E-state index in [1.165, 1.54) is 36.8 Å². The van der Waals surface area contributed by atoms with Crippen molar-refractivity contribution in [1.82, 2.24) is 0 Å². The molecule has 0 bridgehead atoms. The monoisotopic (exact) mass is 246 g/mol. The Morgan fingerprint density at radius 1 is 1.05 bits per heavy atom. The molecular weight excluding hydrogens is 228 g/mol. The Balaban J connectivity index is 1.66. The van der Waals surface area contributed by atoms with Gasteiger partial charge >= 0.3 is 0 Å². The lowest BCUT2D eigenvalue weighted by molar-refractivity contribution is 0.596. The highest BCUT2D eigenvalue weighted by Crippen LogP contribution is 2.43. The largest absolute Gasteiger partial charge is 0.0801 e. The maximum atomic E-state index is 3.76. The van der Waals surface area contributed by atoms with Crippen LogP contribution in [-0.2, 0) is 6.42 Å². The number of benzene rings is 1. The summed E-state index contributed by atoms with van der Waals surface area (Å²) < 4.78 is 0. The molecule has 0 heterocycles. The van der Waals surface area contributed by atoms with Crippen LogP contribution in [0.15, 0.2) is 59.2 Å². The third kappa shape index (κ3) is 1.90. The molecule has 0 aromatic heterocycles. The molecule has 0 fully saturated rings. The van der Waals surface area contributed by atoms with Crippen molar-refractivity contribution in [3.63, 3.8) is 0 Å². The lowest BCUT2D eigenvalue weighted by Gasteiger charge is -2.26. The van der Waals surface area contributed by atoms with Crippen LogP contribution in [0.1, 0.15) is 36.8 Å². The molecule has 0 nitrogen and oxygen atoms in total. The lowest BCUT2D eigenvalue weighted by Crippen LogP contribution is -2.14. The van der Waals surface area contributed by atoms with Crippen molar-refractivity contribution < 1.29 is 0 Å². The fraction of sp³-hybridized carbons (Fsp3) is 0.316. The second-order valence-corrected chi connectivity index (χ2v) is 5.72. The van der Waals surface area contributed by atoms with Gasteiger partial charge in [-0.3, -0.25) is 0 Å². The molecule has 0 saturated heterocycles. The topological polar surface area (TPSA) is 0 Å². The van der Waals surface area contributed by atoms with E-state index in [-0.39, 0.29) is 0 Å². The summed E-state index contributed by atoms with van der Waals surface area (Å²) in [5.74, 6) is 0.558. The van der Waals surface area contributed by atoms with Crippen LogP contribution in [0, 0.1) is 12.3 Å². The predicted octanol–water partition coefficient (Wildman–Crippen LogP) is 4.66. The number of aryl methyl sites for hydroxylation is 1. The van der Waals surface area contributed by atoms with E-state index >= 15 is 0 Å². The lowest BCUT2D eigenvalue weighted by atomic mass is 9.78. The second-order valence-electron chi connectivity index (χ2n) is 5.72. The van der Waals surface area contributed by atoms with Gasteiger partial charge in [0.25, 0.3) is 0 Å². The van der Waals surface area contributed by atoms with Crippen molar-refractivity contribution in [2.75, 3.05) is 0 Å². The molecule has 4 rings (SSSR count). The summed E-state index contributed by atoms with van der Waals surface area (Å²) in [5.41, 5.74) is 7.69. The number of rotatable bonds is 1. The van der Waals surface area contributed by atoms with Gasteiger partial charge in [-0.05, 0) is 60.3 Å². The normalized spacial score (nSPS) is 25.1. The van der Waals surface area contributed by atoms with Crippen LogP contribution >= 0.6 is 0 Å². The molecular formula is C19H18. The van der Waals surface area contributed by atoms with Crippen molar-refractivity contribution in [3.8, 4) is 0 Å². The van der Waals surface area contributed by atoms with E-state index in [2.05, 4.69) is 48.9 Å². The fourth-order valence-electron chi connectivity index (χ4n) is 3.68. The molecule has 94 valence electrons. The maximum absolute atomic E-state index is 3.76. The summed E-state index contributed by atoms with van der Waals surface area (Å²) in [6.45, 7) is 0. The first-order chi connectivity index (χ1) is 9.42. The fourth-order valence-corrected chi connectivity index (χ4v) is 3.68. The minimum atomic E-state index is 0.558. The van der Waals surface area contributed by atoms with E-state index in [1.807, 2.05) is 0 Å². The smallest absolute Gasteiger partial charge is 0.0245 e. The third-order valence-corrected chi connectivity index (χ3v) is 4.66. The van der Waals surface area contributed by atoms with Crippen LogP contribution in [0.25, 0.3) is 0 Å². The quantitative estimate of drug-likeness (QED) is 0.676. The molecule has 0 amide bonds. The van der Waals surface area contributed by atoms with E-state index in [0.29, 0.717) is 5.92 Å². The van der Waals surface area contributed by atoms with E-state index in [1.54, 1.807) is 16.7 Å². The van der Waals surface area contributed by atoms with Gasteiger partial charge in [-0.15, -0.1) is 0 Å². The van der Waals surface area contributed by atoms with Gasteiger partial charge in [0.2, 0.25) is 0 Å². The van der Waals surface area contributed by atoms with E-state index in [9.17, 15) is 0 Å². The Kier molecular flexibility index (Phi) is 2.69. The van der Waals surface area contributed by atoms with Crippen LogP contribution in [0.5, 0.6) is 0 Å². The average molecular weight is 246 g/mol. The predicted molar refractivity (Wildman–Crippen MR) is 78.7 cm³/mol. The van der Waals surface area contributed by atoms with E-state index < -0.39 is 0 Å². The standard InChI is InChI=1S/C19H18/c1-2-7-16-13-17(10-9-14(16)5-1)19-12-11-15-6-3-4-8-18(15)19/h1-7,17H,8-12H2. The summed E-state index contributed by atoms with van der Waals surface area (Å²) in [4.78, 5) is 0. The molecule has 19 heavy (non-hydrogen) atoms. The Hall–Kier alpha value is -1.56. The van der Waals surface area contributed by atoms with E-state index in [4.69, 9.17) is 0 Å². The molecule has 3 aliphatic carbocycles. The van der Waals surface area contributed by atoms with Crippen molar-refractivity contribution >= 4 is 0 Å². The summed E-state index contributed by atoms with van der Waals surface area (Å²) >= 11 is 0. The zero-order valence-electron chi connectivity index (χ0n) is 11.2. The van der Waals surface area contributed by atoms with Gasteiger partial charge in [0.1, 0.15) is 0 Å². The Bertz CT molecular complexity index is 598. The summed E-state index contributed by atoms with van der Waals surface area (Å²) in [7, 11) is 0. The highest BCUT2D eigenvalue weighted by molar-refractivity contribution is 5.50. The van der Waals surface area contributed by atoms with Crippen LogP contribution < -0.4 is 0 Å². The maximum Gasteiger partial charge on any atom is 0.0245 e. The van der Waals surface area contributed by atoms with Gasteiger partial charge in [-0.2, -0.15) is 0 Å². The second kappa shape index (κ2) is 4.52. The van der Waals surface area contributed by atoms with Gasteiger partial charge in [-0.25, -0.2) is 0 Å². The third-order valence-electron chi connectivity index (χ3n) is 4.66. The summed E-state index contributed by atoms with van der Waals surface area (Å²) in [5, 5.41) is 0. The average Bonchev–Trinajstić information content (AvgIpc) is 2.91. The Morgan fingerprint density at radius 3 is 3.00 bits per heavy atom. The summed E-state index contributed by atoms with van der Waals surface area (Å²) in [6, 6.07) is 8.75. The molecule has 3 aliphatic rings. The highest BCUT2D eigenvalue weighted by Gasteiger charge is 2.28. The van der Waals surface area contributed by atoms with Gasteiger partial charge in [0.15, 0.2) is 0 Å². The number of fused-ring (bicyclic) bond motifs is 2. The molecule has 1 unspecified atom stereocenters. The van der Waals surface area contributed by atoms with E-state index in [0.717, 1.165) is 6.42 Å². The number of hydrogen-bond donors (Lipinski definition) is 0. The SMILES string of the molecule is [C]1c2ccccc2CCC1C1=C2CC=CC=C2CC1. The van der Waals surface area contributed by atoms with Crippen LogP contribution in [0.3, 0.4) is 0 Å². The molecule has 0 heteroatoms. The zero-order chi connectivity index (χ0) is 12.7. The molecule has 2 radical (unpaired) electrons. The van der Waals surface area contributed by atoms with Crippen molar-refractivity contribution in [2.45, 2.75) is 32.1 Å². The Morgan fingerprint density at radius 2 is 2.00 bits per heavy atom. The van der Waals surface area contributed by atoms with Gasteiger partial charge in [0.05, 0.1) is 0 Å². The molecule has 1 aromatic carbocycles. The molecule has 0 aliphatic heterocycles. The van der Waals surface area contributed by atoms with Crippen LogP contribution in [0.2, 0.25) is 0 Å². The van der Waals surface area contributed by atoms with Crippen LogP contribution in [0.4, 0.5) is 0 Å². The first-order valence-electron chi connectivity index (χ1n) is 7.34.